The Kier molecular flexibility index (Phi) is 1.84. The average Bonchev–Trinajstić information content (AvgIpc) is 2.51. The molecule has 2 rings (SSSR count). The average molecular weight is 184 g/mol. The maximum atomic E-state index is 11.9. The summed E-state index contributed by atoms with van der Waals surface area (Å²) >= 11 is 0. The predicted octanol–water partition coefficient (Wildman–Crippen LogP) is 2.16. The van der Waals surface area contributed by atoms with Gasteiger partial charge in [0.1, 0.15) is 5.52 Å². The maximum Gasteiger partial charge on any atom is 0.387 e. The van der Waals surface area contributed by atoms with Gasteiger partial charge < -0.3 is 9.72 Å². The van der Waals surface area contributed by atoms with Gasteiger partial charge in [-0.15, -0.1) is 0 Å². The van der Waals surface area contributed by atoms with E-state index in [4.69, 9.17) is 0 Å². The van der Waals surface area contributed by atoms with E-state index in [9.17, 15) is 8.78 Å². The van der Waals surface area contributed by atoms with Crippen LogP contribution in [0.25, 0.3) is 11.0 Å². The van der Waals surface area contributed by atoms with Crippen LogP contribution in [0, 0.1) is 0 Å². The van der Waals surface area contributed by atoms with Crippen molar-refractivity contribution in [2.45, 2.75) is 6.61 Å². The molecule has 0 spiro atoms. The summed E-state index contributed by atoms with van der Waals surface area (Å²) in [6.45, 7) is -2.81. The quantitative estimate of drug-likeness (QED) is 0.776. The smallest absolute Gasteiger partial charge is 0.387 e. The van der Waals surface area contributed by atoms with Crippen LogP contribution in [-0.2, 0) is 0 Å². The van der Waals surface area contributed by atoms with E-state index in [-0.39, 0.29) is 5.75 Å². The van der Waals surface area contributed by atoms with E-state index in [2.05, 4.69) is 14.7 Å². The van der Waals surface area contributed by atoms with E-state index in [0.717, 1.165) is 0 Å². The van der Waals surface area contributed by atoms with Crippen molar-refractivity contribution in [1.29, 1.82) is 0 Å². The number of aromatic amines is 1. The molecule has 3 nitrogen and oxygen atoms in total. The molecule has 0 amide bonds. The van der Waals surface area contributed by atoms with E-state index in [1.54, 1.807) is 12.3 Å². The van der Waals surface area contributed by atoms with Gasteiger partial charge in [0.15, 0.2) is 5.75 Å². The van der Waals surface area contributed by atoms with Gasteiger partial charge in [-0.1, -0.05) is 0 Å². The number of pyridine rings is 1. The standard InChI is InChI=1S/C8H6F2N2O/c9-8(10)13-6-2-4-11-5-1-3-12-7(5)6/h1-4,8,12H. The molecule has 0 saturated carbocycles. The van der Waals surface area contributed by atoms with Gasteiger partial charge in [0, 0.05) is 18.5 Å². The van der Waals surface area contributed by atoms with Crippen LogP contribution in [-0.4, -0.2) is 16.6 Å². The fourth-order valence-corrected chi connectivity index (χ4v) is 1.13. The molecule has 2 heterocycles. The minimum Gasteiger partial charge on any atom is -0.432 e. The molecule has 0 aliphatic heterocycles. The largest absolute Gasteiger partial charge is 0.432 e. The van der Waals surface area contributed by atoms with Crippen molar-refractivity contribution in [3.8, 4) is 5.75 Å². The molecule has 0 unspecified atom stereocenters. The molecule has 0 saturated heterocycles. The minimum absolute atomic E-state index is 0.116. The Morgan fingerprint density at radius 2 is 2.23 bits per heavy atom. The number of H-pyrrole nitrogens is 1. The van der Waals surface area contributed by atoms with Crippen molar-refractivity contribution in [3.63, 3.8) is 0 Å². The van der Waals surface area contributed by atoms with Crippen LogP contribution in [0.5, 0.6) is 5.75 Å². The second-order valence-electron chi connectivity index (χ2n) is 2.43. The van der Waals surface area contributed by atoms with Crippen molar-refractivity contribution in [1.82, 2.24) is 9.97 Å². The molecule has 5 heteroatoms. The molecule has 2 aromatic heterocycles. The molecule has 0 aliphatic rings. The number of nitrogens with zero attached hydrogens (tertiary/aromatic N) is 1. The molecule has 0 aromatic carbocycles. The Bertz CT molecular complexity index is 413. The highest BCUT2D eigenvalue weighted by Gasteiger charge is 2.08. The lowest BCUT2D eigenvalue weighted by atomic mass is 10.3. The second kappa shape index (κ2) is 3.01. The Balaban J connectivity index is 2.48. The van der Waals surface area contributed by atoms with Gasteiger partial charge in [0.25, 0.3) is 0 Å². The van der Waals surface area contributed by atoms with Crippen LogP contribution in [0.2, 0.25) is 0 Å². The Morgan fingerprint density at radius 1 is 1.38 bits per heavy atom. The highest BCUT2D eigenvalue weighted by atomic mass is 19.3. The minimum atomic E-state index is -2.81. The van der Waals surface area contributed by atoms with E-state index >= 15 is 0 Å². The first-order chi connectivity index (χ1) is 6.27. The number of halogens is 2. The van der Waals surface area contributed by atoms with Crippen LogP contribution in [0.3, 0.4) is 0 Å². The number of fused-ring (bicyclic) bond motifs is 1. The first kappa shape index (κ1) is 7.97. The Hall–Kier alpha value is -1.65. The van der Waals surface area contributed by atoms with E-state index in [1.807, 2.05) is 0 Å². The summed E-state index contributed by atoms with van der Waals surface area (Å²) in [6, 6.07) is 3.08. The molecule has 0 aliphatic carbocycles. The highest BCUT2D eigenvalue weighted by Crippen LogP contribution is 2.23. The van der Waals surface area contributed by atoms with Crippen LogP contribution in [0.15, 0.2) is 24.5 Å². The molecule has 68 valence electrons. The zero-order chi connectivity index (χ0) is 9.26. The molecular formula is C8H6F2N2O. The number of aromatic nitrogens is 2. The van der Waals surface area contributed by atoms with Gasteiger partial charge in [0.2, 0.25) is 0 Å². The molecule has 2 aromatic rings. The number of rotatable bonds is 2. The molecule has 1 N–H and O–H groups in total. The van der Waals surface area contributed by atoms with Crippen molar-refractivity contribution in [2.75, 3.05) is 0 Å². The molecule has 0 atom stereocenters. The lowest BCUT2D eigenvalue weighted by Gasteiger charge is -2.04. The lowest BCUT2D eigenvalue weighted by molar-refractivity contribution is -0.0489. The van der Waals surface area contributed by atoms with Gasteiger partial charge in [-0.25, -0.2) is 0 Å². The summed E-state index contributed by atoms with van der Waals surface area (Å²) in [5, 5.41) is 0. The molecule has 0 radical (unpaired) electrons. The monoisotopic (exact) mass is 184 g/mol. The zero-order valence-corrected chi connectivity index (χ0v) is 6.50. The number of hydrogen-bond donors (Lipinski definition) is 1. The number of nitrogens with one attached hydrogen (secondary N) is 1. The predicted molar refractivity (Wildman–Crippen MR) is 42.7 cm³/mol. The highest BCUT2D eigenvalue weighted by molar-refractivity contribution is 5.80. The normalized spacial score (nSPS) is 11.0. The molecular weight excluding hydrogens is 178 g/mol. The van der Waals surface area contributed by atoms with Gasteiger partial charge in [-0.2, -0.15) is 8.78 Å². The molecule has 13 heavy (non-hydrogen) atoms. The third-order valence-corrected chi connectivity index (χ3v) is 1.63. The second-order valence-corrected chi connectivity index (χ2v) is 2.43. The lowest BCUT2D eigenvalue weighted by Crippen LogP contribution is -2.02. The van der Waals surface area contributed by atoms with Crippen molar-refractivity contribution >= 4 is 11.0 Å². The summed E-state index contributed by atoms with van der Waals surface area (Å²) in [5.74, 6) is 0.116. The molecule has 0 fully saturated rings. The van der Waals surface area contributed by atoms with Crippen LogP contribution in [0.4, 0.5) is 8.78 Å². The number of ether oxygens (including phenoxy) is 1. The topological polar surface area (TPSA) is 37.9 Å². The Labute approximate surface area is 72.4 Å². The SMILES string of the molecule is FC(F)Oc1ccnc2cc[nH]c12. The van der Waals surface area contributed by atoms with E-state index in [0.29, 0.717) is 11.0 Å². The molecule has 0 bridgehead atoms. The van der Waals surface area contributed by atoms with Crippen LogP contribution < -0.4 is 4.74 Å². The van der Waals surface area contributed by atoms with Crippen LogP contribution in [0.1, 0.15) is 0 Å². The number of hydrogen-bond acceptors (Lipinski definition) is 2. The van der Waals surface area contributed by atoms with Crippen molar-refractivity contribution in [3.05, 3.63) is 24.5 Å². The van der Waals surface area contributed by atoms with Gasteiger partial charge >= 0.3 is 6.61 Å². The maximum absolute atomic E-state index is 11.9. The van der Waals surface area contributed by atoms with Gasteiger partial charge in [0.05, 0.1) is 5.52 Å². The fourth-order valence-electron chi connectivity index (χ4n) is 1.13. The van der Waals surface area contributed by atoms with Gasteiger partial charge in [-0.05, 0) is 6.07 Å². The first-order valence-corrected chi connectivity index (χ1v) is 3.64. The first-order valence-electron chi connectivity index (χ1n) is 3.64. The van der Waals surface area contributed by atoms with Crippen molar-refractivity contribution in [2.24, 2.45) is 0 Å². The fraction of sp³-hybridized carbons (Fsp3) is 0.125. The number of alkyl halides is 2. The summed E-state index contributed by atoms with van der Waals surface area (Å²) in [5.41, 5.74) is 1.10. The summed E-state index contributed by atoms with van der Waals surface area (Å²) in [7, 11) is 0. The third kappa shape index (κ3) is 1.44. The summed E-state index contributed by atoms with van der Waals surface area (Å²) < 4.78 is 28.1. The third-order valence-electron chi connectivity index (χ3n) is 1.63. The van der Waals surface area contributed by atoms with Crippen LogP contribution >= 0.6 is 0 Å². The van der Waals surface area contributed by atoms with Crippen molar-refractivity contribution < 1.29 is 13.5 Å². The van der Waals surface area contributed by atoms with E-state index < -0.39 is 6.61 Å². The van der Waals surface area contributed by atoms with Gasteiger partial charge in [-0.3, -0.25) is 4.98 Å². The van der Waals surface area contributed by atoms with E-state index in [1.165, 1.54) is 12.3 Å². The summed E-state index contributed by atoms with van der Waals surface area (Å²) in [6.07, 6.45) is 3.05. The summed E-state index contributed by atoms with van der Waals surface area (Å²) in [4.78, 5) is 6.73. The zero-order valence-electron chi connectivity index (χ0n) is 6.50. The Morgan fingerprint density at radius 3 is 3.00 bits per heavy atom.